The molecule has 0 aliphatic heterocycles. The van der Waals surface area contributed by atoms with Crippen LogP contribution in [-0.2, 0) is 9.84 Å². The Balaban J connectivity index is 3.09. The number of ether oxygens (including phenoxy) is 1. The summed E-state index contributed by atoms with van der Waals surface area (Å²) in [7, 11) is -1.73. The lowest BCUT2D eigenvalue weighted by atomic mass is 10.3. The quantitative estimate of drug-likeness (QED) is 0.769. The van der Waals surface area contributed by atoms with Gasteiger partial charge in [0.25, 0.3) is 0 Å². The van der Waals surface area contributed by atoms with Crippen LogP contribution >= 0.6 is 0 Å². The molecule has 0 aromatic heterocycles. The number of methoxy groups -OCH3 is 1. The Morgan fingerprint density at radius 1 is 1.21 bits per heavy atom. The molecule has 0 bridgehead atoms. The topological polar surface area (TPSA) is 43.4 Å². The summed E-state index contributed by atoms with van der Waals surface area (Å²) in [6.45, 7) is 1.67. The normalized spacial score (nSPS) is 11.9. The van der Waals surface area contributed by atoms with Crippen molar-refractivity contribution in [2.24, 2.45) is 0 Å². The van der Waals surface area contributed by atoms with Crippen LogP contribution in [0.1, 0.15) is 6.92 Å². The van der Waals surface area contributed by atoms with Gasteiger partial charge in [-0.1, -0.05) is 6.08 Å². The third-order valence-electron chi connectivity index (χ3n) is 1.70. The fraction of sp³-hybridized carbons (Fsp3) is 0.200. The Morgan fingerprint density at radius 2 is 1.79 bits per heavy atom. The zero-order chi connectivity index (χ0) is 10.6. The second-order valence-corrected chi connectivity index (χ2v) is 4.52. The average molecular weight is 212 g/mol. The van der Waals surface area contributed by atoms with E-state index in [2.05, 4.69) is 0 Å². The Hall–Kier alpha value is -1.29. The Kier molecular flexibility index (Phi) is 3.30. The van der Waals surface area contributed by atoms with Crippen LogP contribution in [0, 0.1) is 0 Å². The molecule has 0 aliphatic carbocycles. The Morgan fingerprint density at radius 3 is 2.21 bits per heavy atom. The van der Waals surface area contributed by atoms with Crippen molar-refractivity contribution in [1.29, 1.82) is 0 Å². The number of hydrogen-bond acceptors (Lipinski definition) is 3. The monoisotopic (exact) mass is 212 g/mol. The van der Waals surface area contributed by atoms with Gasteiger partial charge in [0, 0.05) is 5.41 Å². The number of allylic oxidation sites excluding steroid dienone is 1. The molecule has 14 heavy (non-hydrogen) atoms. The van der Waals surface area contributed by atoms with Gasteiger partial charge in [-0.05, 0) is 31.2 Å². The summed E-state index contributed by atoms with van der Waals surface area (Å²) in [4.78, 5) is 0.274. The molecule has 0 spiro atoms. The molecule has 0 N–H and O–H groups in total. The van der Waals surface area contributed by atoms with Crippen LogP contribution in [0.5, 0.6) is 5.75 Å². The van der Waals surface area contributed by atoms with Gasteiger partial charge in [0.15, 0.2) is 9.84 Å². The molecule has 0 heterocycles. The molecule has 4 heteroatoms. The highest BCUT2D eigenvalue weighted by Crippen LogP contribution is 2.17. The molecule has 1 aromatic carbocycles. The number of sulfone groups is 1. The van der Waals surface area contributed by atoms with Crippen LogP contribution in [-0.4, -0.2) is 15.5 Å². The van der Waals surface area contributed by atoms with Crippen molar-refractivity contribution in [3.8, 4) is 5.75 Å². The third kappa shape index (κ3) is 2.35. The first kappa shape index (κ1) is 10.8. The molecule has 0 fully saturated rings. The fourth-order valence-electron chi connectivity index (χ4n) is 1.02. The van der Waals surface area contributed by atoms with Gasteiger partial charge in [-0.15, -0.1) is 0 Å². The van der Waals surface area contributed by atoms with Gasteiger partial charge >= 0.3 is 0 Å². The lowest BCUT2D eigenvalue weighted by Crippen LogP contribution is -1.95. The summed E-state index contributed by atoms with van der Waals surface area (Å²) < 4.78 is 27.9. The highest BCUT2D eigenvalue weighted by molar-refractivity contribution is 7.94. The molecule has 1 aromatic rings. The van der Waals surface area contributed by atoms with Crippen molar-refractivity contribution >= 4 is 9.84 Å². The maximum absolute atomic E-state index is 11.5. The van der Waals surface area contributed by atoms with Gasteiger partial charge in [0.1, 0.15) is 5.75 Å². The predicted molar refractivity (Wildman–Crippen MR) is 55.0 cm³/mol. The molecule has 0 unspecified atom stereocenters. The van der Waals surface area contributed by atoms with E-state index in [1.807, 2.05) is 0 Å². The van der Waals surface area contributed by atoms with Crippen molar-refractivity contribution < 1.29 is 13.2 Å². The molecule has 0 saturated heterocycles. The van der Waals surface area contributed by atoms with Gasteiger partial charge in [-0.3, -0.25) is 0 Å². The van der Waals surface area contributed by atoms with E-state index in [4.69, 9.17) is 4.74 Å². The third-order valence-corrected chi connectivity index (χ3v) is 3.26. The van der Waals surface area contributed by atoms with Crippen LogP contribution in [0.15, 0.2) is 40.6 Å². The minimum absolute atomic E-state index is 0.274. The van der Waals surface area contributed by atoms with Crippen LogP contribution in [0.2, 0.25) is 0 Å². The first-order chi connectivity index (χ1) is 6.60. The lowest BCUT2D eigenvalue weighted by Gasteiger charge is -2.01. The summed E-state index contributed by atoms with van der Waals surface area (Å²) in [5, 5.41) is 1.18. The van der Waals surface area contributed by atoms with E-state index in [1.165, 1.54) is 30.7 Å². The largest absolute Gasteiger partial charge is 0.497 e. The van der Waals surface area contributed by atoms with Crippen molar-refractivity contribution in [3.63, 3.8) is 0 Å². The minimum Gasteiger partial charge on any atom is -0.497 e. The van der Waals surface area contributed by atoms with Gasteiger partial charge < -0.3 is 4.74 Å². The van der Waals surface area contributed by atoms with Crippen LogP contribution in [0.3, 0.4) is 0 Å². The van der Waals surface area contributed by atoms with Gasteiger partial charge in [-0.25, -0.2) is 8.42 Å². The summed E-state index contributed by atoms with van der Waals surface area (Å²) in [5.41, 5.74) is 0. The Bertz CT molecular complexity index is 415. The van der Waals surface area contributed by atoms with E-state index in [1.54, 1.807) is 19.1 Å². The molecular weight excluding hydrogens is 200 g/mol. The molecule has 76 valence electrons. The molecule has 0 radical (unpaired) electrons. The first-order valence-electron chi connectivity index (χ1n) is 4.12. The summed E-state index contributed by atoms with van der Waals surface area (Å²) in [6.07, 6.45) is 1.50. The van der Waals surface area contributed by atoms with Crippen molar-refractivity contribution in [2.75, 3.05) is 7.11 Å². The van der Waals surface area contributed by atoms with Crippen molar-refractivity contribution in [2.45, 2.75) is 11.8 Å². The van der Waals surface area contributed by atoms with Crippen molar-refractivity contribution in [3.05, 3.63) is 35.7 Å². The molecular formula is C10H12O3S. The first-order valence-corrected chi connectivity index (χ1v) is 5.66. The lowest BCUT2D eigenvalue weighted by molar-refractivity contribution is 0.414. The SMILES string of the molecule is C/C=C/S(=O)(=O)c1ccc(OC)cc1. The maximum atomic E-state index is 11.5. The van der Waals surface area contributed by atoms with E-state index < -0.39 is 9.84 Å². The highest BCUT2D eigenvalue weighted by atomic mass is 32.2. The maximum Gasteiger partial charge on any atom is 0.199 e. The smallest absolute Gasteiger partial charge is 0.199 e. The minimum atomic E-state index is -3.27. The standard InChI is InChI=1S/C10H12O3S/c1-3-8-14(11,12)10-6-4-9(13-2)5-7-10/h3-8H,1-2H3/b8-3+. The van der Waals surface area contributed by atoms with Crippen LogP contribution < -0.4 is 4.74 Å². The highest BCUT2D eigenvalue weighted by Gasteiger charge is 2.08. The number of rotatable bonds is 3. The van der Waals surface area contributed by atoms with Crippen molar-refractivity contribution in [1.82, 2.24) is 0 Å². The van der Waals surface area contributed by atoms with Gasteiger partial charge in [0.05, 0.1) is 12.0 Å². The molecule has 3 nitrogen and oxygen atoms in total. The summed E-state index contributed by atoms with van der Waals surface area (Å²) in [6, 6.07) is 6.29. The van der Waals surface area contributed by atoms with E-state index in [0.29, 0.717) is 5.75 Å². The number of hydrogen-bond donors (Lipinski definition) is 0. The van der Waals surface area contributed by atoms with Gasteiger partial charge in [0.2, 0.25) is 0 Å². The van der Waals surface area contributed by atoms with Crippen LogP contribution in [0.4, 0.5) is 0 Å². The van der Waals surface area contributed by atoms with Crippen LogP contribution in [0.25, 0.3) is 0 Å². The second kappa shape index (κ2) is 4.28. The van der Waals surface area contributed by atoms with E-state index in [-0.39, 0.29) is 4.90 Å². The zero-order valence-electron chi connectivity index (χ0n) is 8.10. The molecule has 0 atom stereocenters. The Labute approximate surface area is 83.9 Å². The average Bonchev–Trinajstić information content (AvgIpc) is 2.18. The zero-order valence-corrected chi connectivity index (χ0v) is 8.91. The van der Waals surface area contributed by atoms with E-state index >= 15 is 0 Å². The van der Waals surface area contributed by atoms with E-state index in [9.17, 15) is 8.42 Å². The number of benzene rings is 1. The molecule has 0 saturated carbocycles. The molecule has 0 amide bonds. The fourth-order valence-corrected chi connectivity index (χ4v) is 2.05. The second-order valence-electron chi connectivity index (χ2n) is 2.69. The summed E-state index contributed by atoms with van der Waals surface area (Å²) >= 11 is 0. The summed E-state index contributed by atoms with van der Waals surface area (Å²) in [5.74, 6) is 0.643. The molecule has 1 rings (SSSR count). The van der Waals surface area contributed by atoms with E-state index in [0.717, 1.165) is 0 Å². The molecule has 0 aliphatic rings. The van der Waals surface area contributed by atoms with Gasteiger partial charge in [-0.2, -0.15) is 0 Å². The predicted octanol–water partition coefficient (Wildman–Crippen LogP) is 2.00.